The van der Waals surface area contributed by atoms with Gasteiger partial charge in [0.05, 0.1) is 12.1 Å². The normalized spacial score (nSPS) is 28.2. The Bertz CT molecular complexity index is 295. The van der Waals surface area contributed by atoms with Gasteiger partial charge in [-0.15, -0.1) is 0 Å². The molecule has 2 heterocycles. The minimum absolute atomic E-state index is 0.236. The maximum absolute atomic E-state index is 6.10. The molecule has 4 nitrogen and oxygen atoms in total. The lowest BCUT2D eigenvalue weighted by molar-refractivity contribution is 0.178. The van der Waals surface area contributed by atoms with E-state index in [9.17, 15) is 0 Å². The van der Waals surface area contributed by atoms with E-state index in [4.69, 9.17) is 5.73 Å². The van der Waals surface area contributed by atoms with Crippen LogP contribution in [0.4, 0.5) is 0 Å². The van der Waals surface area contributed by atoms with Crippen molar-refractivity contribution < 1.29 is 0 Å². The van der Waals surface area contributed by atoms with Gasteiger partial charge in [-0.2, -0.15) is 11.8 Å². The second-order valence-electron chi connectivity index (χ2n) is 5.23. The topological polar surface area (TPSA) is 44.9 Å². The SMILES string of the molecule is CCN(CC)CCN1C(N)=NCC12CCCSC2. The van der Waals surface area contributed by atoms with Gasteiger partial charge in [0.2, 0.25) is 0 Å². The van der Waals surface area contributed by atoms with Crippen LogP contribution in [0.3, 0.4) is 0 Å². The van der Waals surface area contributed by atoms with Gasteiger partial charge in [0.25, 0.3) is 0 Å². The maximum Gasteiger partial charge on any atom is 0.191 e. The first kappa shape index (κ1) is 14.0. The number of nitrogens with zero attached hydrogens (tertiary/aromatic N) is 3. The van der Waals surface area contributed by atoms with Crippen LogP contribution < -0.4 is 5.73 Å². The summed E-state index contributed by atoms with van der Waals surface area (Å²) < 4.78 is 0. The van der Waals surface area contributed by atoms with Crippen molar-refractivity contribution in [3.63, 3.8) is 0 Å². The Hall–Kier alpha value is -0.420. The summed E-state index contributed by atoms with van der Waals surface area (Å²) in [5.41, 5.74) is 6.34. The van der Waals surface area contributed by atoms with Gasteiger partial charge in [-0.25, -0.2) is 0 Å². The van der Waals surface area contributed by atoms with Crippen LogP contribution in [-0.4, -0.2) is 65.5 Å². The van der Waals surface area contributed by atoms with Crippen molar-refractivity contribution in [2.45, 2.75) is 32.2 Å². The molecular weight excluding hydrogens is 244 g/mol. The average molecular weight is 270 g/mol. The van der Waals surface area contributed by atoms with E-state index in [0.717, 1.165) is 38.7 Å². The molecule has 0 bridgehead atoms. The van der Waals surface area contributed by atoms with Gasteiger partial charge >= 0.3 is 0 Å². The predicted octanol–water partition coefficient (Wildman–Crippen LogP) is 1.22. The lowest BCUT2D eigenvalue weighted by atomic mass is 9.94. The summed E-state index contributed by atoms with van der Waals surface area (Å²) in [5, 5.41) is 0. The van der Waals surface area contributed by atoms with E-state index >= 15 is 0 Å². The predicted molar refractivity (Wildman–Crippen MR) is 80.3 cm³/mol. The quantitative estimate of drug-likeness (QED) is 0.816. The molecule has 0 aliphatic carbocycles. The number of hydrogen-bond donors (Lipinski definition) is 1. The van der Waals surface area contributed by atoms with Gasteiger partial charge in [0, 0.05) is 18.8 Å². The lowest BCUT2D eigenvalue weighted by Crippen LogP contribution is -2.56. The molecule has 1 fully saturated rings. The Morgan fingerprint density at radius 1 is 1.44 bits per heavy atom. The summed E-state index contributed by atoms with van der Waals surface area (Å²) >= 11 is 2.06. The number of thioether (sulfide) groups is 1. The Morgan fingerprint density at radius 2 is 2.22 bits per heavy atom. The molecule has 0 aromatic rings. The van der Waals surface area contributed by atoms with E-state index in [0.29, 0.717) is 0 Å². The van der Waals surface area contributed by atoms with Crippen molar-refractivity contribution in [1.82, 2.24) is 9.80 Å². The molecule has 2 N–H and O–H groups in total. The molecule has 18 heavy (non-hydrogen) atoms. The molecule has 0 radical (unpaired) electrons. The Morgan fingerprint density at radius 3 is 2.83 bits per heavy atom. The highest BCUT2D eigenvalue weighted by atomic mass is 32.2. The molecule has 0 saturated carbocycles. The van der Waals surface area contributed by atoms with Crippen molar-refractivity contribution in [3.8, 4) is 0 Å². The van der Waals surface area contributed by atoms with Crippen LogP contribution >= 0.6 is 11.8 Å². The van der Waals surface area contributed by atoms with Crippen LogP contribution in [0, 0.1) is 0 Å². The standard InChI is InChI=1S/C13H26N4S/c1-3-16(4-2)7-8-17-12(14)15-10-13(17)6-5-9-18-11-13/h3-11H2,1-2H3,(H2,14,15). The number of likely N-dealkylation sites (N-methyl/N-ethyl adjacent to an activating group) is 1. The summed E-state index contributed by atoms with van der Waals surface area (Å²) in [4.78, 5) is 9.35. The largest absolute Gasteiger partial charge is 0.370 e. The van der Waals surface area contributed by atoms with Crippen molar-refractivity contribution >= 4 is 17.7 Å². The highest BCUT2D eigenvalue weighted by Crippen LogP contribution is 2.35. The third-order valence-electron chi connectivity index (χ3n) is 4.22. The number of nitrogens with two attached hydrogens (primary N) is 1. The molecule has 0 amide bonds. The number of rotatable bonds is 5. The van der Waals surface area contributed by atoms with Crippen LogP contribution in [0.1, 0.15) is 26.7 Å². The Kier molecular flexibility index (Phi) is 4.78. The molecule has 1 unspecified atom stereocenters. The lowest BCUT2D eigenvalue weighted by Gasteiger charge is -2.42. The fraction of sp³-hybridized carbons (Fsp3) is 0.923. The zero-order valence-corrected chi connectivity index (χ0v) is 12.5. The molecule has 2 aliphatic heterocycles. The van der Waals surface area contributed by atoms with Gasteiger partial charge in [0.15, 0.2) is 5.96 Å². The van der Waals surface area contributed by atoms with Gasteiger partial charge in [-0.1, -0.05) is 13.8 Å². The third-order valence-corrected chi connectivity index (χ3v) is 5.54. The monoisotopic (exact) mass is 270 g/mol. The minimum atomic E-state index is 0.236. The van der Waals surface area contributed by atoms with Crippen molar-refractivity contribution in [2.75, 3.05) is 44.2 Å². The molecule has 2 aliphatic rings. The molecule has 2 rings (SSSR count). The van der Waals surface area contributed by atoms with E-state index in [2.05, 4.69) is 40.4 Å². The Labute approximate surface area is 115 Å². The van der Waals surface area contributed by atoms with E-state index in [1.54, 1.807) is 0 Å². The van der Waals surface area contributed by atoms with Gasteiger partial charge in [0.1, 0.15) is 0 Å². The molecule has 1 atom stereocenters. The van der Waals surface area contributed by atoms with Crippen molar-refractivity contribution in [2.24, 2.45) is 10.7 Å². The smallest absolute Gasteiger partial charge is 0.191 e. The first-order valence-corrected chi connectivity index (χ1v) is 8.25. The maximum atomic E-state index is 6.10. The molecule has 0 aromatic heterocycles. The molecule has 1 spiro atoms. The highest BCUT2D eigenvalue weighted by Gasteiger charge is 2.42. The molecule has 1 saturated heterocycles. The number of aliphatic imine (C=N–C) groups is 1. The van der Waals surface area contributed by atoms with Crippen LogP contribution in [-0.2, 0) is 0 Å². The Balaban J connectivity index is 1.96. The minimum Gasteiger partial charge on any atom is -0.370 e. The summed E-state index contributed by atoms with van der Waals surface area (Å²) in [6.07, 6.45) is 2.55. The van der Waals surface area contributed by atoms with Crippen molar-refractivity contribution in [3.05, 3.63) is 0 Å². The van der Waals surface area contributed by atoms with Gasteiger partial charge < -0.3 is 15.5 Å². The second kappa shape index (κ2) is 6.15. The summed E-state index contributed by atoms with van der Waals surface area (Å²) in [6.45, 7) is 9.69. The molecular formula is C13H26N4S. The molecule has 5 heteroatoms. The van der Waals surface area contributed by atoms with Crippen LogP contribution in [0.15, 0.2) is 4.99 Å². The number of hydrogen-bond acceptors (Lipinski definition) is 5. The van der Waals surface area contributed by atoms with Gasteiger partial charge in [-0.3, -0.25) is 4.99 Å². The van der Waals surface area contributed by atoms with E-state index in [-0.39, 0.29) is 5.54 Å². The molecule has 0 aromatic carbocycles. The highest BCUT2D eigenvalue weighted by molar-refractivity contribution is 7.99. The average Bonchev–Trinajstić information content (AvgIpc) is 2.69. The van der Waals surface area contributed by atoms with E-state index in [1.807, 2.05) is 0 Å². The fourth-order valence-electron chi connectivity index (χ4n) is 2.95. The van der Waals surface area contributed by atoms with E-state index < -0.39 is 0 Å². The summed E-state index contributed by atoms with van der Waals surface area (Å²) in [5.74, 6) is 3.26. The summed E-state index contributed by atoms with van der Waals surface area (Å²) in [7, 11) is 0. The summed E-state index contributed by atoms with van der Waals surface area (Å²) in [6, 6.07) is 0. The van der Waals surface area contributed by atoms with Crippen LogP contribution in [0.2, 0.25) is 0 Å². The van der Waals surface area contributed by atoms with E-state index in [1.165, 1.54) is 24.3 Å². The first-order valence-electron chi connectivity index (χ1n) is 7.09. The fourth-order valence-corrected chi connectivity index (χ4v) is 4.21. The third kappa shape index (κ3) is 2.77. The second-order valence-corrected chi connectivity index (χ2v) is 6.34. The van der Waals surface area contributed by atoms with Crippen LogP contribution in [0.5, 0.6) is 0 Å². The zero-order chi connectivity index (χ0) is 13.0. The van der Waals surface area contributed by atoms with Gasteiger partial charge in [-0.05, 0) is 31.7 Å². The number of guanidine groups is 1. The van der Waals surface area contributed by atoms with Crippen LogP contribution in [0.25, 0.3) is 0 Å². The zero-order valence-electron chi connectivity index (χ0n) is 11.7. The van der Waals surface area contributed by atoms with Crippen molar-refractivity contribution in [1.29, 1.82) is 0 Å². The first-order chi connectivity index (χ1) is 8.72. The molecule has 104 valence electrons.